The number of nitrogens with two attached hydrogens (primary N) is 1. The molecule has 0 fully saturated rings. The molecule has 1 aliphatic heterocycles. The maximum atomic E-state index is 15.3. The summed E-state index contributed by atoms with van der Waals surface area (Å²) in [4.78, 5) is 109. The van der Waals surface area contributed by atoms with Crippen molar-refractivity contribution in [3.05, 3.63) is 89.9 Å². The van der Waals surface area contributed by atoms with E-state index >= 15 is 4.39 Å². The van der Waals surface area contributed by atoms with Crippen molar-refractivity contribution in [1.82, 2.24) is 30.0 Å². The Balaban J connectivity index is 0.849. The van der Waals surface area contributed by atoms with E-state index < -0.39 is 59.5 Å². The Labute approximate surface area is 753 Å². The minimum Gasteiger partial charge on any atom is -0.387 e. The molecular formula is C90H145F2N7O29. The van der Waals surface area contributed by atoms with E-state index in [0.717, 1.165) is 28.7 Å². The maximum absolute atomic E-state index is 15.3. The molecule has 3 aromatic rings. The fourth-order valence-corrected chi connectivity index (χ4v) is 12.6. The van der Waals surface area contributed by atoms with Crippen LogP contribution in [0.5, 0.6) is 0 Å². The Morgan fingerprint density at radius 3 is 1.27 bits per heavy atom. The van der Waals surface area contributed by atoms with Crippen molar-refractivity contribution in [3.63, 3.8) is 0 Å². The van der Waals surface area contributed by atoms with Gasteiger partial charge in [-0.1, -0.05) is 65.0 Å². The fourth-order valence-electron chi connectivity index (χ4n) is 12.6. The molecule has 1 aliphatic rings. The summed E-state index contributed by atoms with van der Waals surface area (Å²) >= 11 is 0. The number of hydrogen-bond acceptors (Lipinski definition) is 30. The summed E-state index contributed by atoms with van der Waals surface area (Å²) in [7, 11) is 0. The molecule has 0 aliphatic carbocycles. The lowest BCUT2D eigenvalue weighted by Gasteiger charge is -2.40. The molecule has 728 valence electrons. The molecule has 0 saturated carbocycles. The molecule has 6 amide bonds. The molecule has 2 heterocycles. The van der Waals surface area contributed by atoms with Gasteiger partial charge in [0.2, 0.25) is 11.8 Å². The SMILES string of the molecule is CC(C)[C@H](CC(=O)CCOCCOCCOCCOCCOCCOCCOCCOCCOCCOCCOCCOCCOCCOCCOCCOCCOCCOCCOCCOCCCC(=O)CCN1C(=O)C=CC1=O)C(=O)N[C@@H](CCCNC(N)=O)C(=O)CCCCN(C(=O)CO)[C@@H](c1nc(-c2cc(F)ccc2F)cn1Cc1ccccc1)C(C)(C)C. The molecule has 4 rings (SSSR count). The Bertz CT molecular complexity index is 3440. The monoisotopic (exact) mass is 1830 g/mol. The molecule has 2 aromatic carbocycles. The Morgan fingerprint density at radius 2 is 0.883 bits per heavy atom. The third-order valence-corrected chi connectivity index (χ3v) is 19.2. The first-order chi connectivity index (χ1) is 62.2. The van der Waals surface area contributed by atoms with Crippen molar-refractivity contribution in [3.8, 4) is 11.3 Å². The number of primary amides is 1. The summed E-state index contributed by atoms with van der Waals surface area (Å²) in [6, 6.07) is 10.1. The number of nitrogens with one attached hydrogen (secondary N) is 2. The number of imide groups is 1. The number of ether oxygens (including phenoxy) is 20. The second-order valence-corrected chi connectivity index (χ2v) is 30.8. The highest BCUT2D eigenvalue weighted by atomic mass is 19.1. The van der Waals surface area contributed by atoms with Gasteiger partial charge in [0.15, 0.2) is 5.78 Å². The van der Waals surface area contributed by atoms with E-state index in [2.05, 4.69) is 10.6 Å². The van der Waals surface area contributed by atoms with Crippen molar-refractivity contribution >= 4 is 47.0 Å². The van der Waals surface area contributed by atoms with Crippen LogP contribution in [0.25, 0.3) is 11.3 Å². The number of unbranched alkanes of at least 4 members (excludes halogenated alkanes) is 1. The Morgan fingerprint density at radius 1 is 0.484 bits per heavy atom. The number of carbonyl (C=O) groups is 8. The quantitative estimate of drug-likeness (QED) is 0.0367. The number of carbonyl (C=O) groups excluding carboxylic acids is 8. The third kappa shape index (κ3) is 55.8. The highest BCUT2D eigenvalue weighted by Crippen LogP contribution is 2.40. The van der Waals surface area contributed by atoms with E-state index in [9.17, 15) is 47.9 Å². The van der Waals surface area contributed by atoms with Crippen LogP contribution in [0, 0.1) is 28.9 Å². The lowest BCUT2D eigenvalue weighted by Crippen LogP contribution is -2.46. The minimum atomic E-state index is -0.966. The molecule has 36 nitrogen and oxygen atoms in total. The number of hydrogen-bond donors (Lipinski definition) is 4. The number of ketones is 3. The van der Waals surface area contributed by atoms with Crippen LogP contribution in [-0.2, 0) is 135 Å². The van der Waals surface area contributed by atoms with Gasteiger partial charge in [0, 0.05) is 94.7 Å². The fraction of sp³-hybridized carbons (Fsp3) is 0.722. The number of rotatable bonds is 88. The summed E-state index contributed by atoms with van der Waals surface area (Å²) in [6.45, 7) is 25.8. The van der Waals surface area contributed by atoms with Gasteiger partial charge < -0.3 is 126 Å². The summed E-state index contributed by atoms with van der Waals surface area (Å²) in [6.07, 6.45) is 6.11. The highest BCUT2D eigenvalue weighted by molar-refractivity contribution is 6.13. The van der Waals surface area contributed by atoms with Crippen LogP contribution in [0.1, 0.15) is 116 Å². The van der Waals surface area contributed by atoms with Gasteiger partial charge in [0.1, 0.15) is 35.6 Å². The number of aliphatic hydroxyl groups excluding tert-OH is 1. The van der Waals surface area contributed by atoms with Crippen molar-refractivity contribution in [2.45, 2.75) is 117 Å². The molecule has 1 aromatic heterocycles. The van der Waals surface area contributed by atoms with Crippen molar-refractivity contribution in [1.29, 1.82) is 0 Å². The van der Waals surface area contributed by atoms with Gasteiger partial charge in [-0.05, 0) is 67.2 Å². The number of benzene rings is 2. The molecule has 3 atom stereocenters. The second kappa shape index (κ2) is 74.3. The normalized spacial score (nSPS) is 13.0. The van der Waals surface area contributed by atoms with E-state index in [1.807, 2.05) is 65.0 Å². The third-order valence-electron chi connectivity index (χ3n) is 19.2. The van der Waals surface area contributed by atoms with Gasteiger partial charge in [-0.15, -0.1) is 0 Å². The molecule has 0 unspecified atom stereocenters. The smallest absolute Gasteiger partial charge is 0.312 e. The van der Waals surface area contributed by atoms with Gasteiger partial charge in [-0.3, -0.25) is 38.5 Å². The van der Waals surface area contributed by atoms with Gasteiger partial charge >= 0.3 is 6.03 Å². The average Bonchev–Trinajstić information content (AvgIpc) is 1.61. The first kappa shape index (κ1) is 113. The van der Waals surface area contributed by atoms with Crippen LogP contribution in [0.15, 0.2) is 66.9 Å². The Kier molecular flexibility index (Phi) is 65.7. The van der Waals surface area contributed by atoms with Crippen LogP contribution >= 0.6 is 0 Å². The molecule has 0 bridgehead atoms. The number of halogens is 2. The van der Waals surface area contributed by atoms with Gasteiger partial charge in [-0.2, -0.15) is 0 Å². The highest BCUT2D eigenvalue weighted by Gasteiger charge is 2.39. The predicted octanol–water partition coefficient (Wildman–Crippen LogP) is 6.08. The topological polar surface area (TPSA) is 416 Å². The molecule has 38 heteroatoms. The number of amides is 6. The lowest BCUT2D eigenvalue weighted by molar-refractivity contribution is -0.140. The van der Waals surface area contributed by atoms with Crippen LogP contribution in [0.3, 0.4) is 0 Å². The molecule has 0 spiro atoms. The number of nitrogens with zero attached hydrogens (tertiary/aromatic N) is 4. The largest absolute Gasteiger partial charge is 0.387 e. The predicted molar refractivity (Wildman–Crippen MR) is 465 cm³/mol. The van der Waals surface area contributed by atoms with Crippen molar-refractivity contribution in [2.75, 3.05) is 291 Å². The zero-order valence-corrected chi connectivity index (χ0v) is 76.1. The molecule has 128 heavy (non-hydrogen) atoms. The van der Waals surface area contributed by atoms with Crippen LogP contribution in [0.2, 0.25) is 0 Å². The summed E-state index contributed by atoms with van der Waals surface area (Å²) in [5.74, 6) is -4.29. The van der Waals surface area contributed by atoms with E-state index in [0.29, 0.717) is 276 Å². The molecule has 5 N–H and O–H groups in total. The number of urea groups is 1. The lowest BCUT2D eigenvalue weighted by atomic mass is 9.84. The van der Waals surface area contributed by atoms with Crippen molar-refractivity contribution in [2.24, 2.45) is 23.0 Å². The van der Waals surface area contributed by atoms with Crippen LogP contribution in [-0.4, -0.2) is 368 Å². The number of aliphatic hydroxyl groups is 1. The van der Waals surface area contributed by atoms with E-state index in [-0.39, 0.29) is 131 Å². The number of imidazole rings is 1. The molecular weight excluding hydrogens is 1680 g/mol. The van der Waals surface area contributed by atoms with E-state index in [1.165, 1.54) is 17.1 Å². The van der Waals surface area contributed by atoms with Gasteiger partial charge in [0.25, 0.3) is 11.8 Å². The second-order valence-electron chi connectivity index (χ2n) is 30.8. The van der Waals surface area contributed by atoms with Gasteiger partial charge in [-0.25, -0.2) is 18.6 Å². The van der Waals surface area contributed by atoms with Crippen LogP contribution in [0.4, 0.5) is 13.6 Å². The standard InChI is InChI=1S/C90H145F2N7O29/c1-72(2)77(88(107)96-80(16-11-24-94-89(93)108)82(103)17-9-10-25-99(85(106)71-100)86(90(3,4)5)87-95-81(78-67-74(91)18-19-79(78)92)70-97(87)69-73-13-7-6-8-14-73)68-76(102)23-28-110-30-32-112-34-36-114-38-40-116-42-44-118-46-48-120-50-52-122-54-56-124-58-60-126-62-64-128-66-65-127-63-61-125-59-57-123-55-53-121-51-49-119-47-45-117-43-41-115-39-37-113-35-33-111-31-29-109-27-12-15-75(101)22-26-98-83(104)20-21-84(98)105/h6-8,13-14,18-21,67,70,72,77,80,86,100H,9-12,15-17,22-66,68-69,71H2,1-5H3,(H,96,107)(H3,93,94,108)/t77-,80-,86-/m0/s1. The average molecular weight is 1830 g/mol. The number of aromatic nitrogens is 2. The Hall–Kier alpha value is -7.23. The van der Waals surface area contributed by atoms with Crippen LogP contribution < -0.4 is 16.4 Å². The summed E-state index contributed by atoms with van der Waals surface area (Å²) < 4.78 is 142. The molecule has 0 saturated heterocycles. The summed E-state index contributed by atoms with van der Waals surface area (Å²) in [5.41, 5.74) is 5.57. The first-order valence-corrected chi connectivity index (χ1v) is 44.6. The first-order valence-electron chi connectivity index (χ1n) is 44.6. The van der Waals surface area contributed by atoms with E-state index in [4.69, 9.17) is 105 Å². The minimum absolute atomic E-state index is 0.00131. The zero-order chi connectivity index (χ0) is 92.6. The van der Waals surface area contributed by atoms with Crippen molar-refractivity contribution < 1.29 is 147 Å². The zero-order valence-electron chi connectivity index (χ0n) is 76.1. The van der Waals surface area contributed by atoms with E-state index in [1.54, 1.807) is 10.8 Å². The number of Topliss-reactive ketones (excluding diaryl/α,β-unsaturated/α-hetero) is 3. The molecule has 0 radical (unpaired) electrons. The summed E-state index contributed by atoms with van der Waals surface area (Å²) in [5, 5.41) is 15.7. The maximum Gasteiger partial charge on any atom is 0.312 e. The van der Waals surface area contributed by atoms with Gasteiger partial charge in [0.05, 0.1) is 275 Å².